The van der Waals surface area contributed by atoms with Crippen LogP contribution in [0.15, 0.2) is 0 Å². The molecule has 110 valence electrons. The molecular formula is C15H29N3O. The summed E-state index contributed by atoms with van der Waals surface area (Å²) in [6.45, 7) is 8.63. The fourth-order valence-corrected chi connectivity index (χ4v) is 4.31. The molecule has 4 nitrogen and oxygen atoms in total. The van der Waals surface area contributed by atoms with Crippen molar-refractivity contribution in [2.24, 2.45) is 5.73 Å². The maximum Gasteiger partial charge on any atom is 0.0700 e. The van der Waals surface area contributed by atoms with E-state index in [2.05, 4.69) is 16.7 Å². The summed E-state index contributed by atoms with van der Waals surface area (Å²) in [7, 11) is 0. The molecule has 0 bridgehead atoms. The van der Waals surface area contributed by atoms with Crippen LogP contribution in [0.4, 0.5) is 0 Å². The van der Waals surface area contributed by atoms with Crippen molar-refractivity contribution < 1.29 is 4.74 Å². The molecule has 0 aromatic carbocycles. The number of piperidine rings is 1. The van der Waals surface area contributed by atoms with Crippen LogP contribution in [-0.4, -0.2) is 66.8 Å². The Morgan fingerprint density at radius 3 is 3.00 bits per heavy atom. The van der Waals surface area contributed by atoms with Gasteiger partial charge < -0.3 is 15.4 Å². The summed E-state index contributed by atoms with van der Waals surface area (Å²) in [4.78, 5) is 5.35. The van der Waals surface area contributed by atoms with E-state index in [1.807, 2.05) is 0 Å². The van der Waals surface area contributed by atoms with Gasteiger partial charge in [0.15, 0.2) is 0 Å². The first-order valence-electron chi connectivity index (χ1n) is 8.08. The predicted octanol–water partition coefficient (Wildman–Crippen LogP) is 1.05. The Kier molecular flexibility index (Phi) is 4.13. The zero-order chi connectivity index (χ0) is 13.3. The van der Waals surface area contributed by atoms with E-state index in [-0.39, 0.29) is 5.54 Å². The number of morpholine rings is 1. The fourth-order valence-electron chi connectivity index (χ4n) is 4.31. The van der Waals surface area contributed by atoms with Gasteiger partial charge in [0.1, 0.15) is 0 Å². The summed E-state index contributed by atoms with van der Waals surface area (Å²) >= 11 is 0. The van der Waals surface area contributed by atoms with Gasteiger partial charge in [-0.1, -0.05) is 6.92 Å². The molecule has 0 spiro atoms. The van der Waals surface area contributed by atoms with Gasteiger partial charge in [0, 0.05) is 37.8 Å². The van der Waals surface area contributed by atoms with E-state index in [4.69, 9.17) is 10.5 Å². The number of nitrogens with zero attached hydrogens (tertiary/aromatic N) is 2. The summed E-state index contributed by atoms with van der Waals surface area (Å²) in [6.07, 6.45) is 6.82. The lowest BCUT2D eigenvalue weighted by Crippen LogP contribution is -2.64. The molecule has 0 amide bonds. The molecule has 0 aromatic heterocycles. The summed E-state index contributed by atoms with van der Waals surface area (Å²) in [5, 5.41) is 0. The standard InChI is InChI=1S/C15H29N3O/c1-2-14-11-18(8-9-19-14)15(12-16)5-7-17-6-3-4-13(17)10-15/h13-14H,2-12,16H2,1H3. The number of hydrogen-bond acceptors (Lipinski definition) is 4. The Labute approximate surface area is 117 Å². The van der Waals surface area contributed by atoms with Crippen LogP contribution >= 0.6 is 0 Å². The maximum atomic E-state index is 6.24. The molecule has 19 heavy (non-hydrogen) atoms. The lowest BCUT2D eigenvalue weighted by molar-refractivity contribution is -0.0882. The lowest BCUT2D eigenvalue weighted by Gasteiger charge is -2.52. The van der Waals surface area contributed by atoms with Gasteiger partial charge >= 0.3 is 0 Å². The molecule has 3 atom stereocenters. The first kappa shape index (κ1) is 13.8. The highest BCUT2D eigenvalue weighted by molar-refractivity contribution is 5.02. The Morgan fingerprint density at radius 2 is 2.21 bits per heavy atom. The smallest absolute Gasteiger partial charge is 0.0700 e. The lowest BCUT2D eigenvalue weighted by atomic mass is 9.81. The SMILES string of the molecule is CCC1CN(C2(CN)CCN3CCCC3C2)CCO1. The fraction of sp³-hybridized carbons (Fsp3) is 1.00. The van der Waals surface area contributed by atoms with Crippen molar-refractivity contribution in [3.63, 3.8) is 0 Å². The van der Waals surface area contributed by atoms with Crippen molar-refractivity contribution in [2.45, 2.75) is 56.7 Å². The number of nitrogens with two attached hydrogens (primary N) is 1. The zero-order valence-electron chi connectivity index (χ0n) is 12.3. The van der Waals surface area contributed by atoms with Crippen molar-refractivity contribution in [3.05, 3.63) is 0 Å². The maximum absolute atomic E-state index is 6.24. The zero-order valence-corrected chi connectivity index (χ0v) is 12.3. The van der Waals surface area contributed by atoms with Gasteiger partial charge in [0.2, 0.25) is 0 Å². The summed E-state index contributed by atoms with van der Waals surface area (Å²) in [6, 6.07) is 0.792. The highest BCUT2D eigenvalue weighted by Crippen LogP contribution is 2.37. The second-order valence-electron chi connectivity index (χ2n) is 6.56. The van der Waals surface area contributed by atoms with E-state index in [1.165, 1.54) is 38.8 Å². The minimum atomic E-state index is 0.253. The molecule has 0 aliphatic carbocycles. The van der Waals surface area contributed by atoms with Crippen LogP contribution in [0.25, 0.3) is 0 Å². The molecule has 3 unspecified atom stereocenters. The van der Waals surface area contributed by atoms with Gasteiger partial charge in [-0.15, -0.1) is 0 Å². The van der Waals surface area contributed by atoms with E-state index in [1.54, 1.807) is 0 Å². The summed E-state index contributed by atoms with van der Waals surface area (Å²) < 4.78 is 5.83. The van der Waals surface area contributed by atoms with Crippen molar-refractivity contribution in [1.82, 2.24) is 9.80 Å². The minimum absolute atomic E-state index is 0.253. The molecule has 3 aliphatic rings. The molecule has 3 rings (SSSR count). The van der Waals surface area contributed by atoms with E-state index in [0.717, 1.165) is 38.7 Å². The van der Waals surface area contributed by atoms with E-state index < -0.39 is 0 Å². The molecule has 4 heteroatoms. The Morgan fingerprint density at radius 1 is 1.32 bits per heavy atom. The van der Waals surface area contributed by atoms with Gasteiger partial charge in [-0.2, -0.15) is 0 Å². The van der Waals surface area contributed by atoms with E-state index in [9.17, 15) is 0 Å². The minimum Gasteiger partial charge on any atom is -0.376 e. The van der Waals surface area contributed by atoms with Crippen molar-refractivity contribution in [1.29, 1.82) is 0 Å². The van der Waals surface area contributed by atoms with Gasteiger partial charge in [-0.05, 0) is 38.6 Å². The highest BCUT2D eigenvalue weighted by atomic mass is 16.5. The van der Waals surface area contributed by atoms with Gasteiger partial charge in [0.05, 0.1) is 12.7 Å². The molecule has 3 saturated heterocycles. The topological polar surface area (TPSA) is 41.7 Å². The van der Waals surface area contributed by atoms with Crippen LogP contribution in [0.2, 0.25) is 0 Å². The third kappa shape index (κ3) is 2.56. The molecule has 2 N–H and O–H groups in total. The molecule has 0 saturated carbocycles. The third-order valence-corrected chi connectivity index (χ3v) is 5.62. The number of hydrogen-bond donors (Lipinski definition) is 1. The third-order valence-electron chi connectivity index (χ3n) is 5.62. The normalized spacial score (nSPS) is 41.4. The molecule has 3 fully saturated rings. The average molecular weight is 267 g/mol. The highest BCUT2D eigenvalue weighted by Gasteiger charge is 2.45. The second-order valence-corrected chi connectivity index (χ2v) is 6.56. The van der Waals surface area contributed by atoms with Gasteiger partial charge in [-0.3, -0.25) is 4.90 Å². The van der Waals surface area contributed by atoms with Crippen LogP contribution in [0.3, 0.4) is 0 Å². The van der Waals surface area contributed by atoms with Crippen molar-refractivity contribution in [3.8, 4) is 0 Å². The number of ether oxygens (including phenoxy) is 1. The quantitative estimate of drug-likeness (QED) is 0.830. The molecule has 3 heterocycles. The van der Waals surface area contributed by atoms with Crippen LogP contribution in [0.1, 0.15) is 39.0 Å². The molecule has 3 aliphatic heterocycles. The average Bonchev–Trinajstić information content (AvgIpc) is 2.94. The largest absolute Gasteiger partial charge is 0.376 e. The van der Waals surface area contributed by atoms with Crippen LogP contribution in [-0.2, 0) is 4.74 Å². The van der Waals surface area contributed by atoms with E-state index in [0.29, 0.717) is 6.10 Å². The monoisotopic (exact) mass is 267 g/mol. The Balaban J connectivity index is 1.71. The summed E-state index contributed by atoms with van der Waals surface area (Å²) in [5.74, 6) is 0. The van der Waals surface area contributed by atoms with Crippen molar-refractivity contribution >= 4 is 0 Å². The number of fused-ring (bicyclic) bond motifs is 1. The van der Waals surface area contributed by atoms with Crippen LogP contribution in [0, 0.1) is 0 Å². The molecule has 0 radical (unpaired) electrons. The van der Waals surface area contributed by atoms with Crippen LogP contribution in [0.5, 0.6) is 0 Å². The second kappa shape index (κ2) is 5.68. The molecular weight excluding hydrogens is 238 g/mol. The van der Waals surface area contributed by atoms with Crippen LogP contribution < -0.4 is 5.73 Å². The Bertz CT molecular complexity index is 312. The predicted molar refractivity (Wildman–Crippen MR) is 77.2 cm³/mol. The summed E-state index contributed by atoms with van der Waals surface area (Å²) in [5.41, 5.74) is 6.49. The molecule has 0 aromatic rings. The first-order valence-corrected chi connectivity index (χ1v) is 8.08. The van der Waals surface area contributed by atoms with Gasteiger partial charge in [0.25, 0.3) is 0 Å². The first-order chi connectivity index (χ1) is 9.27. The van der Waals surface area contributed by atoms with E-state index >= 15 is 0 Å². The van der Waals surface area contributed by atoms with Crippen molar-refractivity contribution in [2.75, 3.05) is 39.3 Å². The Hall–Kier alpha value is -0.160. The number of rotatable bonds is 3. The van der Waals surface area contributed by atoms with Gasteiger partial charge in [-0.25, -0.2) is 0 Å².